The van der Waals surface area contributed by atoms with E-state index >= 15 is 0 Å². The molecule has 3 heterocycles. The molecule has 2 aliphatic heterocycles. The number of nitrogens with two attached hydrogens (primary N) is 1. The zero-order valence-corrected chi connectivity index (χ0v) is 10.4. The summed E-state index contributed by atoms with van der Waals surface area (Å²) in [6, 6.07) is 3.81. The number of nitrogens with zero attached hydrogens (tertiary/aromatic N) is 1. The number of aromatic amines is 1. The average Bonchev–Trinajstić information content (AvgIpc) is 3.03. The molecule has 6 nitrogen and oxygen atoms in total. The predicted octanol–water partition coefficient (Wildman–Crippen LogP) is 0.908. The van der Waals surface area contributed by atoms with Crippen molar-refractivity contribution in [3.63, 3.8) is 0 Å². The van der Waals surface area contributed by atoms with Crippen LogP contribution in [0.3, 0.4) is 0 Å². The molecule has 0 spiro atoms. The molecule has 0 saturated carbocycles. The van der Waals surface area contributed by atoms with E-state index in [1.807, 2.05) is 12.1 Å². The lowest BCUT2D eigenvalue weighted by Crippen LogP contribution is -2.38. The van der Waals surface area contributed by atoms with Crippen molar-refractivity contribution in [1.82, 2.24) is 9.97 Å². The van der Waals surface area contributed by atoms with E-state index in [1.54, 1.807) is 0 Å². The molecule has 1 atom stereocenters. The smallest absolute Gasteiger partial charge is 0.163 e. The number of rotatable bonds is 1. The molecule has 19 heavy (non-hydrogen) atoms. The van der Waals surface area contributed by atoms with Gasteiger partial charge in [-0.1, -0.05) is 0 Å². The van der Waals surface area contributed by atoms with Crippen LogP contribution in [0.5, 0.6) is 11.5 Å². The van der Waals surface area contributed by atoms with E-state index in [1.165, 1.54) is 0 Å². The summed E-state index contributed by atoms with van der Waals surface area (Å²) in [5, 5.41) is 0. The number of aromatic nitrogens is 2. The maximum absolute atomic E-state index is 6.32. The van der Waals surface area contributed by atoms with Crippen molar-refractivity contribution in [2.75, 3.05) is 26.4 Å². The van der Waals surface area contributed by atoms with Crippen molar-refractivity contribution in [3.8, 4) is 11.5 Å². The molecule has 1 aromatic carbocycles. The van der Waals surface area contributed by atoms with Gasteiger partial charge in [0.05, 0.1) is 17.6 Å². The molecule has 0 radical (unpaired) electrons. The van der Waals surface area contributed by atoms with Gasteiger partial charge in [-0.25, -0.2) is 4.98 Å². The predicted molar refractivity (Wildman–Crippen MR) is 68.4 cm³/mol. The topological polar surface area (TPSA) is 82.4 Å². The number of ether oxygens (including phenoxy) is 3. The summed E-state index contributed by atoms with van der Waals surface area (Å²) in [5.74, 6) is 2.26. The molecule has 6 heteroatoms. The van der Waals surface area contributed by atoms with Crippen LogP contribution in [0.1, 0.15) is 12.2 Å². The van der Waals surface area contributed by atoms with Gasteiger partial charge in [0.15, 0.2) is 11.5 Å². The minimum atomic E-state index is -0.513. The summed E-state index contributed by atoms with van der Waals surface area (Å²) in [7, 11) is 0. The van der Waals surface area contributed by atoms with Gasteiger partial charge in [-0.15, -0.1) is 0 Å². The number of hydrogen-bond donors (Lipinski definition) is 2. The van der Waals surface area contributed by atoms with Crippen LogP contribution in [-0.2, 0) is 10.3 Å². The quantitative estimate of drug-likeness (QED) is 0.797. The van der Waals surface area contributed by atoms with Crippen LogP contribution in [0.4, 0.5) is 0 Å². The second-order valence-electron chi connectivity index (χ2n) is 5.06. The van der Waals surface area contributed by atoms with Crippen molar-refractivity contribution in [2.45, 2.75) is 12.0 Å². The fourth-order valence-electron chi connectivity index (χ4n) is 2.55. The normalized spacial score (nSPS) is 25.9. The summed E-state index contributed by atoms with van der Waals surface area (Å²) in [4.78, 5) is 7.85. The molecule has 0 aliphatic carbocycles. The minimum absolute atomic E-state index is 0.500. The highest BCUT2D eigenvalue weighted by Crippen LogP contribution is 2.35. The zero-order valence-electron chi connectivity index (χ0n) is 10.4. The van der Waals surface area contributed by atoms with Gasteiger partial charge in [0, 0.05) is 18.7 Å². The van der Waals surface area contributed by atoms with Crippen LogP contribution < -0.4 is 15.2 Å². The van der Waals surface area contributed by atoms with Crippen molar-refractivity contribution in [3.05, 3.63) is 18.0 Å². The number of imidazole rings is 1. The second kappa shape index (κ2) is 3.85. The van der Waals surface area contributed by atoms with Crippen LogP contribution in [0.2, 0.25) is 0 Å². The molecule has 100 valence electrons. The lowest BCUT2D eigenvalue weighted by molar-refractivity contribution is 0.172. The summed E-state index contributed by atoms with van der Waals surface area (Å²) in [6.45, 7) is 2.33. The van der Waals surface area contributed by atoms with E-state index in [0.717, 1.165) is 34.8 Å². The first-order valence-electron chi connectivity index (χ1n) is 6.41. The molecule has 1 aromatic heterocycles. The number of hydrogen-bond acceptors (Lipinski definition) is 5. The van der Waals surface area contributed by atoms with Crippen LogP contribution >= 0.6 is 0 Å². The maximum Gasteiger partial charge on any atom is 0.163 e. The summed E-state index contributed by atoms with van der Waals surface area (Å²) >= 11 is 0. The lowest BCUT2D eigenvalue weighted by atomic mass is 10.00. The second-order valence-corrected chi connectivity index (χ2v) is 5.06. The van der Waals surface area contributed by atoms with Crippen molar-refractivity contribution >= 4 is 11.0 Å². The SMILES string of the molecule is NC1(c2nc3cc4c(cc3[nH]2)OCCO4)CCOC1. The third-order valence-electron chi connectivity index (χ3n) is 3.67. The molecule has 1 unspecified atom stereocenters. The monoisotopic (exact) mass is 261 g/mol. The molecular formula is C13H15N3O3. The molecule has 1 saturated heterocycles. The Balaban J connectivity index is 1.82. The Morgan fingerprint density at radius 2 is 1.95 bits per heavy atom. The fourth-order valence-corrected chi connectivity index (χ4v) is 2.55. The first kappa shape index (κ1) is 11.1. The molecular weight excluding hydrogens is 246 g/mol. The summed E-state index contributed by atoms with van der Waals surface area (Å²) in [6.07, 6.45) is 0.777. The maximum atomic E-state index is 6.32. The van der Waals surface area contributed by atoms with Gasteiger partial charge in [0.25, 0.3) is 0 Å². The first-order valence-corrected chi connectivity index (χ1v) is 6.41. The van der Waals surface area contributed by atoms with Gasteiger partial charge in [-0.3, -0.25) is 0 Å². The average molecular weight is 261 g/mol. The van der Waals surface area contributed by atoms with Crippen LogP contribution in [0, 0.1) is 0 Å². The molecule has 2 aromatic rings. The van der Waals surface area contributed by atoms with Crippen molar-refractivity contribution in [1.29, 1.82) is 0 Å². The third kappa shape index (κ3) is 1.67. The molecule has 2 aliphatic rings. The molecule has 1 fully saturated rings. The van der Waals surface area contributed by atoms with Gasteiger partial charge < -0.3 is 24.9 Å². The van der Waals surface area contributed by atoms with Gasteiger partial charge in [-0.2, -0.15) is 0 Å². The Labute approximate surface area is 109 Å². The first-order chi connectivity index (χ1) is 9.24. The third-order valence-corrected chi connectivity index (χ3v) is 3.67. The standard InChI is InChI=1S/C13H15N3O3/c14-13(1-2-17-7-13)12-15-8-5-10-11(6-9(8)16-12)19-4-3-18-10/h5-6H,1-4,7,14H2,(H,15,16). The van der Waals surface area contributed by atoms with Crippen molar-refractivity contribution in [2.24, 2.45) is 5.73 Å². The number of fused-ring (bicyclic) bond motifs is 2. The largest absolute Gasteiger partial charge is 0.486 e. The summed E-state index contributed by atoms with van der Waals surface area (Å²) in [5.41, 5.74) is 7.56. The molecule has 0 amide bonds. The Hall–Kier alpha value is -1.79. The van der Waals surface area contributed by atoms with E-state index in [4.69, 9.17) is 19.9 Å². The van der Waals surface area contributed by atoms with Crippen LogP contribution in [0.15, 0.2) is 12.1 Å². The van der Waals surface area contributed by atoms with E-state index in [-0.39, 0.29) is 0 Å². The van der Waals surface area contributed by atoms with Crippen LogP contribution in [0.25, 0.3) is 11.0 Å². The Morgan fingerprint density at radius 3 is 2.68 bits per heavy atom. The number of H-pyrrole nitrogens is 1. The highest BCUT2D eigenvalue weighted by Gasteiger charge is 2.35. The van der Waals surface area contributed by atoms with E-state index in [9.17, 15) is 0 Å². The lowest BCUT2D eigenvalue weighted by Gasteiger charge is -2.18. The Bertz CT molecular complexity index is 588. The van der Waals surface area contributed by atoms with Crippen LogP contribution in [-0.4, -0.2) is 36.4 Å². The van der Waals surface area contributed by atoms with E-state index < -0.39 is 5.54 Å². The van der Waals surface area contributed by atoms with E-state index in [2.05, 4.69) is 9.97 Å². The Kier molecular flexibility index (Phi) is 2.24. The van der Waals surface area contributed by atoms with Crippen molar-refractivity contribution < 1.29 is 14.2 Å². The van der Waals surface area contributed by atoms with Gasteiger partial charge in [0.1, 0.15) is 24.6 Å². The molecule has 0 bridgehead atoms. The van der Waals surface area contributed by atoms with Gasteiger partial charge in [-0.05, 0) is 6.42 Å². The highest BCUT2D eigenvalue weighted by molar-refractivity contribution is 5.80. The Morgan fingerprint density at radius 1 is 1.16 bits per heavy atom. The highest BCUT2D eigenvalue weighted by atomic mass is 16.6. The molecule has 3 N–H and O–H groups in total. The number of nitrogens with one attached hydrogen (secondary N) is 1. The number of benzene rings is 1. The van der Waals surface area contributed by atoms with E-state index in [0.29, 0.717) is 26.4 Å². The molecule has 4 rings (SSSR count). The zero-order chi connectivity index (χ0) is 12.9. The van der Waals surface area contributed by atoms with Gasteiger partial charge in [0.2, 0.25) is 0 Å². The fraction of sp³-hybridized carbons (Fsp3) is 0.462. The minimum Gasteiger partial charge on any atom is -0.486 e. The van der Waals surface area contributed by atoms with Gasteiger partial charge >= 0.3 is 0 Å². The summed E-state index contributed by atoms with van der Waals surface area (Å²) < 4.78 is 16.5.